The van der Waals surface area contributed by atoms with Crippen molar-refractivity contribution in [2.75, 3.05) is 7.11 Å². The van der Waals surface area contributed by atoms with Crippen molar-refractivity contribution in [1.82, 2.24) is 0 Å². The fourth-order valence-electron chi connectivity index (χ4n) is 3.80. The average molecular weight is 421 g/mol. The number of ether oxygens (including phenoxy) is 2. The second-order valence-electron chi connectivity index (χ2n) is 6.76. The molecule has 2 unspecified atom stereocenters. The minimum absolute atomic E-state index is 0.0166. The van der Waals surface area contributed by atoms with Gasteiger partial charge in [0.05, 0.1) is 13.0 Å². The van der Waals surface area contributed by atoms with E-state index in [4.69, 9.17) is 14.6 Å². The van der Waals surface area contributed by atoms with Crippen LogP contribution in [0.1, 0.15) is 41.6 Å². The quantitative estimate of drug-likeness (QED) is 0.750. The number of rotatable bonds is 5. The van der Waals surface area contributed by atoms with Gasteiger partial charge >= 0.3 is 5.97 Å². The molecule has 0 radical (unpaired) electrons. The zero-order chi connectivity index (χ0) is 18.4. The molecule has 0 amide bonds. The summed E-state index contributed by atoms with van der Waals surface area (Å²) in [6.45, 7) is 0. The van der Waals surface area contributed by atoms with Crippen molar-refractivity contribution in [3.8, 4) is 11.5 Å². The van der Waals surface area contributed by atoms with E-state index in [-0.39, 0.29) is 23.8 Å². The van der Waals surface area contributed by atoms with Crippen molar-refractivity contribution in [2.45, 2.75) is 31.3 Å². The molecule has 26 heavy (non-hydrogen) atoms. The molecular weight excluding hydrogens is 403 g/mol. The van der Waals surface area contributed by atoms with E-state index in [1.165, 1.54) is 6.07 Å². The van der Waals surface area contributed by atoms with Gasteiger partial charge in [-0.25, -0.2) is 4.39 Å². The number of carboxylic acids is 1. The van der Waals surface area contributed by atoms with Gasteiger partial charge in [0.2, 0.25) is 0 Å². The molecule has 1 N–H and O–H groups in total. The van der Waals surface area contributed by atoms with Crippen molar-refractivity contribution in [1.29, 1.82) is 0 Å². The summed E-state index contributed by atoms with van der Waals surface area (Å²) in [6.07, 6.45) is 1.76. The number of aliphatic carboxylic acids is 1. The van der Waals surface area contributed by atoms with E-state index in [1.54, 1.807) is 19.2 Å². The predicted octanol–water partition coefficient (Wildman–Crippen LogP) is 4.85. The maximum Gasteiger partial charge on any atom is 0.307 e. The maximum atomic E-state index is 14.3. The Bertz CT molecular complexity index is 882. The molecule has 2 aromatic rings. The lowest BCUT2D eigenvalue weighted by molar-refractivity contribution is -0.138. The first-order chi connectivity index (χ1) is 12.5. The van der Waals surface area contributed by atoms with Crippen molar-refractivity contribution in [3.05, 3.63) is 57.3 Å². The standard InChI is InChI=1S/C20H18BrFO4/c1-25-18-8-10(2-3-11(18)13-9-14(13)20(23)24)26-17-7-4-12-15(21)5-6-16(22)19(12)17/h2-3,5-6,8,13-14,17H,4,7,9H2,1H3,(H,23,24)/t13?,14?,17-/m1/s1. The summed E-state index contributed by atoms with van der Waals surface area (Å²) >= 11 is 3.48. The number of carboxylic acid groups (broad SMARTS) is 1. The van der Waals surface area contributed by atoms with Crippen molar-refractivity contribution >= 4 is 21.9 Å². The van der Waals surface area contributed by atoms with Crippen molar-refractivity contribution < 1.29 is 23.8 Å². The number of fused-ring (bicyclic) bond motifs is 1. The Labute approximate surface area is 159 Å². The van der Waals surface area contributed by atoms with Gasteiger partial charge < -0.3 is 14.6 Å². The molecule has 1 saturated carbocycles. The highest BCUT2D eigenvalue weighted by Gasteiger charge is 2.45. The van der Waals surface area contributed by atoms with Gasteiger partial charge in [-0.2, -0.15) is 0 Å². The van der Waals surface area contributed by atoms with Crippen LogP contribution in [-0.4, -0.2) is 18.2 Å². The minimum Gasteiger partial charge on any atom is -0.496 e. The SMILES string of the molecule is COc1cc(O[C@@H]2CCc3c(Br)ccc(F)c32)ccc1C1CC1C(=O)O. The fourth-order valence-corrected chi connectivity index (χ4v) is 4.34. The number of hydrogen-bond donors (Lipinski definition) is 1. The smallest absolute Gasteiger partial charge is 0.307 e. The molecule has 4 nitrogen and oxygen atoms in total. The number of carbonyl (C=O) groups is 1. The fraction of sp³-hybridized carbons (Fsp3) is 0.350. The summed E-state index contributed by atoms with van der Waals surface area (Å²) in [7, 11) is 1.56. The van der Waals surface area contributed by atoms with E-state index in [2.05, 4.69) is 15.9 Å². The van der Waals surface area contributed by atoms with Gasteiger partial charge in [0.15, 0.2) is 0 Å². The molecule has 0 heterocycles. The highest BCUT2D eigenvalue weighted by Crippen LogP contribution is 2.51. The van der Waals surface area contributed by atoms with E-state index >= 15 is 0 Å². The molecule has 2 aromatic carbocycles. The Morgan fingerprint density at radius 3 is 2.81 bits per heavy atom. The summed E-state index contributed by atoms with van der Waals surface area (Å²) in [5.41, 5.74) is 2.45. The molecule has 1 fully saturated rings. The second-order valence-corrected chi connectivity index (χ2v) is 7.61. The molecule has 0 spiro atoms. The zero-order valence-corrected chi connectivity index (χ0v) is 15.8. The lowest BCUT2D eigenvalue weighted by Crippen LogP contribution is -2.06. The Morgan fingerprint density at radius 1 is 1.31 bits per heavy atom. The van der Waals surface area contributed by atoms with Crippen molar-refractivity contribution in [3.63, 3.8) is 0 Å². The highest BCUT2D eigenvalue weighted by atomic mass is 79.9. The first-order valence-electron chi connectivity index (χ1n) is 8.53. The van der Waals surface area contributed by atoms with Crippen molar-refractivity contribution in [2.24, 2.45) is 5.92 Å². The minimum atomic E-state index is -0.777. The third kappa shape index (κ3) is 2.96. The second kappa shape index (κ2) is 6.58. The summed E-state index contributed by atoms with van der Waals surface area (Å²) < 4.78 is 26.7. The average Bonchev–Trinajstić information content (AvgIpc) is 3.32. The third-order valence-electron chi connectivity index (χ3n) is 5.22. The van der Waals surface area contributed by atoms with Gasteiger partial charge in [-0.05, 0) is 48.6 Å². The van der Waals surface area contributed by atoms with Crippen LogP contribution in [0.15, 0.2) is 34.8 Å². The van der Waals surface area contributed by atoms with Crippen LogP contribution in [0.5, 0.6) is 11.5 Å². The molecule has 4 rings (SSSR count). The molecule has 136 valence electrons. The summed E-state index contributed by atoms with van der Waals surface area (Å²) in [5, 5.41) is 9.13. The summed E-state index contributed by atoms with van der Waals surface area (Å²) in [6, 6.07) is 8.61. The molecule has 0 aliphatic heterocycles. The predicted molar refractivity (Wildman–Crippen MR) is 97.3 cm³/mol. The summed E-state index contributed by atoms with van der Waals surface area (Å²) in [4.78, 5) is 11.1. The van der Waals surface area contributed by atoms with E-state index < -0.39 is 5.97 Å². The molecular formula is C20H18BrFO4. The van der Waals surface area contributed by atoms with Crippen LogP contribution >= 0.6 is 15.9 Å². The molecule has 2 aliphatic carbocycles. The molecule has 6 heteroatoms. The van der Waals surface area contributed by atoms with Crippen LogP contribution in [0, 0.1) is 11.7 Å². The zero-order valence-electron chi connectivity index (χ0n) is 14.2. The number of halogens is 2. The molecule has 0 saturated heterocycles. The Hall–Kier alpha value is -2.08. The number of benzene rings is 2. The van der Waals surface area contributed by atoms with Crippen LogP contribution in [0.3, 0.4) is 0 Å². The van der Waals surface area contributed by atoms with Crippen LogP contribution < -0.4 is 9.47 Å². The van der Waals surface area contributed by atoms with Crippen LogP contribution in [0.25, 0.3) is 0 Å². The van der Waals surface area contributed by atoms with Crippen LogP contribution in [0.4, 0.5) is 4.39 Å². The van der Waals surface area contributed by atoms with E-state index in [9.17, 15) is 9.18 Å². The van der Waals surface area contributed by atoms with Gasteiger partial charge in [-0.1, -0.05) is 22.0 Å². The monoisotopic (exact) mass is 420 g/mol. The molecule has 0 bridgehead atoms. The van der Waals surface area contributed by atoms with Crippen LogP contribution in [0.2, 0.25) is 0 Å². The first-order valence-corrected chi connectivity index (χ1v) is 9.33. The first kappa shape index (κ1) is 17.3. The lowest BCUT2D eigenvalue weighted by Gasteiger charge is -2.17. The molecule has 2 aliphatic rings. The number of hydrogen-bond acceptors (Lipinski definition) is 3. The van der Waals surface area contributed by atoms with E-state index in [0.29, 0.717) is 29.9 Å². The number of methoxy groups -OCH3 is 1. The molecule has 3 atom stereocenters. The largest absolute Gasteiger partial charge is 0.496 e. The van der Waals surface area contributed by atoms with Crippen LogP contribution in [-0.2, 0) is 11.2 Å². The van der Waals surface area contributed by atoms with Gasteiger partial charge in [0, 0.05) is 22.0 Å². The summed E-state index contributed by atoms with van der Waals surface area (Å²) in [5.74, 6) is -0.182. The van der Waals surface area contributed by atoms with E-state index in [1.807, 2.05) is 12.1 Å². The Kier molecular flexibility index (Phi) is 4.39. The highest BCUT2D eigenvalue weighted by molar-refractivity contribution is 9.10. The third-order valence-corrected chi connectivity index (χ3v) is 5.96. The lowest BCUT2D eigenvalue weighted by atomic mass is 10.1. The van der Waals surface area contributed by atoms with Gasteiger partial charge in [0.1, 0.15) is 23.4 Å². The normalized spacial score (nSPS) is 23.4. The Balaban J connectivity index is 1.58. The van der Waals surface area contributed by atoms with Gasteiger partial charge in [0.25, 0.3) is 0 Å². The van der Waals surface area contributed by atoms with Gasteiger partial charge in [-0.3, -0.25) is 4.79 Å². The van der Waals surface area contributed by atoms with E-state index in [0.717, 1.165) is 22.0 Å². The topological polar surface area (TPSA) is 55.8 Å². The van der Waals surface area contributed by atoms with Gasteiger partial charge in [-0.15, -0.1) is 0 Å². The Morgan fingerprint density at radius 2 is 2.12 bits per heavy atom. The maximum absolute atomic E-state index is 14.3. The molecule has 0 aromatic heterocycles.